The molecule has 0 aliphatic heterocycles. The fourth-order valence-electron chi connectivity index (χ4n) is 1.71. The third-order valence-electron chi connectivity index (χ3n) is 2.76. The fourth-order valence-corrected chi connectivity index (χ4v) is 1.71. The molecule has 0 saturated heterocycles. The predicted octanol–water partition coefficient (Wildman–Crippen LogP) is -1.75. The molecule has 0 aromatic carbocycles. The second kappa shape index (κ2) is 4.59. The first-order chi connectivity index (χ1) is 8.91. The molecule has 0 saturated carbocycles. The van der Waals surface area contributed by atoms with E-state index < -0.39 is 17.2 Å². The standard InChI is InChI=1S/C10H14N6O3/c1-15-7-6(8(18)16(2)10(15)19)13-9(14-7)12-4-3-5(11)17/h3-4H2,1-2H3,(H2,11,17)(H2,12,13,14). The number of nitrogens with zero attached hydrogens (tertiary/aromatic N) is 3. The van der Waals surface area contributed by atoms with Crippen molar-refractivity contribution < 1.29 is 4.79 Å². The summed E-state index contributed by atoms with van der Waals surface area (Å²) in [7, 11) is 2.92. The van der Waals surface area contributed by atoms with Gasteiger partial charge in [-0.05, 0) is 0 Å². The number of hydrogen-bond donors (Lipinski definition) is 3. The summed E-state index contributed by atoms with van der Waals surface area (Å²) in [6.45, 7) is 0.295. The summed E-state index contributed by atoms with van der Waals surface area (Å²) >= 11 is 0. The van der Waals surface area contributed by atoms with Crippen LogP contribution < -0.4 is 22.3 Å². The van der Waals surface area contributed by atoms with E-state index >= 15 is 0 Å². The summed E-state index contributed by atoms with van der Waals surface area (Å²) < 4.78 is 2.26. The Morgan fingerprint density at radius 1 is 1.37 bits per heavy atom. The van der Waals surface area contributed by atoms with Crippen molar-refractivity contribution in [1.29, 1.82) is 0 Å². The lowest BCUT2D eigenvalue weighted by Crippen LogP contribution is -2.36. The quantitative estimate of drug-likeness (QED) is 0.604. The summed E-state index contributed by atoms with van der Waals surface area (Å²) in [6, 6.07) is 0. The minimum Gasteiger partial charge on any atom is -0.370 e. The molecule has 2 rings (SSSR count). The molecular weight excluding hydrogens is 252 g/mol. The van der Waals surface area contributed by atoms with E-state index in [0.29, 0.717) is 12.5 Å². The van der Waals surface area contributed by atoms with Gasteiger partial charge >= 0.3 is 5.69 Å². The SMILES string of the molecule is Cn1c(=O)c2[nH]c(NCCC(N)=O)nc2n(C)c1=O. The molecule has 1 amide bonds. The van der Waals surface area contributed by atoms with E-state index in [2.05, 4.69) is 15.3 Å². The molecule has 4 N–H and O–H groups in total. The van der Waals surface area contributed by atoms with Crippen LogP contribution in [0.1, 0.15) is 6.42 Å². The van der Waals surface area contributed by atoms with E-state index in [1.807, 2.05) is 0 Å². The highest BCUT2D eigenvalue weighted by molar-refractivity contribution is 5.75. The Labute approximate surface area is 107 Å². The normalized spacial score (nSPS) is 10.8. The number of hydrogen-bond acceptors (Lipinski definition) is 5. The molecule has 102 valence electrons. The first-order valence-electron chi connectivity index (χ1n) is 5.59. The number of fused-ring (bicyclic) bond motifs is 1. The number of primary amides is 1. The van der Waals surface area contributed by atoms with Gasteiger partial charge in [-0.15, -0.1) is 0 Å². The zero-order valence-electron chi connectivity index (χ0n) is 10.6. The number of amides is 1. The van der Waals surface area contributed by atoms with Crippen molar-refractivity contribution in [1.82, 2.24) is 19.1 Å². The van der Waals surface area contributed by atoms with Gasteiger partial charge in [-0.2, -0.15) is 4.98 Å². The predicted molar refractivity (Wildman–Crippen MR) is 68.9 cm³/mol. The van der Waals surface area contributed by atoms with Crippen LogP contribution in [0.5, 0.6) is 0 Å². The van der Waals surface area contributed by atoms with Gasteiger partial charge < -0.3 is 16.0 Å². The fraction of sp³-hybridized carbons (Fsp3) is 0.400. The molecule has 0 atom stereocenters. The van der Waals surface area contributed by atoms with Crippen molar-refractivity contribution in [2.45, 2.75) is 6.42 Å². The Morgan fingerprint density at radius 3 is 2.68 bits per heavy atom. The number of nitrogens with one attached hydrogen (secondary N) is 2. The molecule has 0 bridgehead atoms. The van der Waals surface area contributed by atoms with Crippen LogP contribution in [-0.2, 0) is 18.9 Å². The second-order valence-electron chi connectivity index (χ2n) is 4.13. The van der Waals surface area contributed by atoms with Crippen LogP contribution in [0.3, 0.4) is 0 Å². The molecule has 0 radical (unpaired) electrons. The molecule has 0 unspecified atom stereocenters. The Bertz CT molecular complexity index is 753. The van der Waals surface area contributed by atoms with Crippen molar-refractivity contribution in [3.05, 3.63) is 20.8 Å². The summed E-state index contributed by atoms with van der Waals surface area (Å²) in [5.41, 5.74) is 4.60. The van der Waals surface area contributed by atoms with Gasteiger partial charge in [0.15, 0.2) is 11.2 Å². The number of carbonyl (C=O) groups excluding carboxylic acids is 1. The van der Waals surface area contributed by atoms with Crippen LogP contribution >= 0.6 is 0 Å². The maximum Gasteiger partial charge on any atom is 0.332 e. The maximum absolute atomic E-state index is 11.9. The third-order valence-corrected chi connectivity index (χ3v) is 2.76. The highest BCUT2D eigenvalue weighted by Gasteiger charge is 2.13. The van der Waals surface area contributed by atoms with Crippen molar-refractivity contribution in [3.8, 4) is 0 Å². The van der Waals surface area contributed by atoms with Gasteiger partial charge in [-0.3, -0.25) is 18.7 Å². The Balaban J connectivity index is 2.44. The van der Waals surface area contributed by atoms with Gasteiger partial charge in [0.1, 0.15) is 0 Å². The van der Waals surface area contributed by atoms with Gasteiger partial charge in [0, 0.05) is 27.1 Å². The lowest BCUT2D eigenvalue weighted by atomic mass is 10.4. The van der Waals surface area contributed by atoms with Gasteiger partial charge in [-0.25, -0.2) is 4.79 Å². The van der Waals surface area contributed by atoms with Crippen LogP contribution in [0.4, 0.5) is 5.95 Å². The van der Waals surface area contributed by atoms with Crippen LogP contribution in [0.2, 0.25) is 0 Å². The summed E-state index contributed by atoms with van der Waals surface area (Å²) in [4.78, 5) is 41.1. The van der Waals surface area contributed by atoms with Crippen molar-refractivity contribution >= 4 is 23.0 Å². The number of aromatic amines is 1. The smallest absolute Gasteiger partial charge is 0.332 e. The Hall–Kier alpha value is -2.58. The molecule has 2 aromatic heterocycles. The lowest BCUT2D eigenvalue weighted by molar-refractivity contribution is -0.117. The number of aryl methyl sites for hydroxylation is 1. The molecule has 0 spiro atoms. The summed E-state index contributed by atoms with van der Waals surface area (Å²) in [6.07, 6.45) is 0.147. The van der Waals surface area contributed by atoms with Crippen LogP contribution in [0, 0.1) is 0 Å². The first kappa shape index (κ1) is 12.9. The molecule has 0 fully saturated rings. The highest BCUT2D eigenvalue weighted by atomic mass is 16.2. The van der Waals surface area contributed by atoms with E-state index in [4.69, 9.17) is 5.73 Å². The molecule has 9 heteroatoms. The number of H-pyrrole nitrogens is 1. The van der Waals surface area contributed by atoms with Gasteiger partial charge in [0.25, 0.3) is 5.56 Å². The van der Waals surface area contributed by atoms with Gasteiger partial charge in [0.05, 0.1) is 0 Å². The van der Waals surface area contributed by atoms with Crippen LogP contribution in [-0.4, -0.2) is 31.6 Å². The van der Waals surface area contributed by atoms with Gasteiger partial charge in [-0.1, -0.05) is 0 Å². The number of carbonyl (C=O) groups is 1. The van der Waals surface area contributed by atoms with E-state index in [0.717, 1.165) is 4.57 Å². The Kier molecular flexibility index (Phi) is 3.11. The van der Waals surface area contributed by atoms with Crippen molar-refractivity contribution in [3.63, 3.8) is 0 Å². The molecule has 0 aliphatic rings. The molecule has 2 aromatic rings. The largest absolute Gasteiger partial charge is 0.370 e. The zero-order chi connectivity index (χ0) is 14.2. The minimum atomic E-state index is -0.451. The van der Waals surface area contributed by atoms with Crippen molar-refractivity contribution in [2.75, 3.05) is 11.9 Å². The number of aromatic nitrogens is 4. The van der Waals surface area contributed by atoms with Crippen molar-refractivity contribution in [2.24, 2.45) is 19.8 Å². The molecule has 0 aliphatic carbocycles. The number of imidazole rings is 1. The first-order valence-corrected chi connectivity index (χ1v) is 5.59. The monoisotopic (exact) mass is 266 g/mol. The Morgan fingerprint density at radius 2 is 2.05 bits per heavy atom. The van der Waals surface area contributed by atoms with E-state index in [1.54, 1.807) is 0 Å². The molecule has 19 heavy (non-hydrogen) atoms. The topological polar surface area (TPSA) is 128 Å². The minimum absolute atomic E-state index is 0.147. The summed E-state index contributed by atoms with van der Waals surface area (Å²) in [5.74, 6) is -0.124. The van der Waals surface area contributed by atoms with Crippen LogP contribution in [0.25, 0.3) is 11.2 Å². The third kappa shape index (κ3) is 2.21. The number of nitrogens with two attached hydrogens (primary N) is 1. The number of rotatable bonds is 4. The highest BCUT2D eigenvalue weighted by Crippen LogP contribution is 2.07. The molecule has 2 heterocycles. The zero-order valence-corrected chi connectivity index (χ0v) is 10.6. The molecular formula is C10H14N6O3. The van der Waals surface area contributed by atoms with E-state index in [1.165, 1.54) is 18.7 Å². The lowest BCUT2D eigenvalue weighted by Gasteiger charge is -2.00. The average Bonchev–Trinajstić information content (AvgIpc) is 2.77. The second-order valence-corrected chi connectivity index (χ2v) is 4.13. The maximum atomic E-state index is 11.9. The van der Waals surface area contributed by atoms with Gasteiger partial charge in [0.2, 0.25) is 11.9 Å². The average molecular weight is 266 g/mol. The molecule has 9 nitrogen and oxygen atoms in total. The number of anilines is 1. The van der Waals surface area contributed by atoms with E-state index in [9.17, 15) is 14.4 Å². The van der Waals surface area contributed by atoms with E-state index in [-0.39, 0.29) is 17.6 Å². The summed E-state index contributed by atoms with van der Waals surface area (Å²) in [5, 5.41) is 2.83. The van der Waals surface area contributed by atoms with Crippen LogP contribution in [0.15, 0.2) is 9.59 Å².